The number of hydrogen-bond donors (Lipinski definition) is 0. The van der Waals surface area contributed by atoms with Crippen molar-refractivity contribution in [2.45, 2.75) is 65.1 Å². The molecule has 0 bridgehead atoms. The van der Waals surface area contributed by atoms with Gasteiger partial charge in [0.25, 0.3) is 0 Å². The highest BCUT2D eigenvalue weighted by Crippen LogP contribution is 2.34. The summed E-state index contributed by atoms with van der Waals surface area (Å²) < 4.78 is 1.95. The van der Waals surface area contributed by atoms with Crippen LogP contribution < -0.4 is 4.90 Å². The quantitative estimate of drug-likeness (QED) is 0.469. The van der Waals surface area contributed by atoms with Gasteiger partial charge in [0.1, 0.15) is 11.3 Å². The Kier molecular flexibility index (Phi) is 6.27. The number of halogens is 2. The molecule has 1 aromatic carbocycles. The number of hydrogen-bond acceptors (Lipinski definition) is 5. The van der Waals surface area contributed by atoms with Gasteiger partial charge in [-0.05, 0) is 76.7 Å². The van der Waals surface area contributed by atoms with E-state index in [1.165, 1.54) is 25.9 Å². The molecule has 3 aromatic rings. The lowest BCUT2D eigenvalue weighted by molar-refractivity contribution is 0.143. The number of nitrogens with zero attached hydrogens (tertiary/aromatic N) is 6. The van der Waals surface area contributed by atoms with E-state index in [1.807, 2.05) is 29.9 Å². The lowest BCUT2D eigenvalue weighted by Crippen LogP contribution is -2.53. The van der Waals surface area contributed by atoms with Crippen LogP contribution >= 0.6 is 23.2 Å². The molecule has 2 unspecified atom stereocenters. The average Bonchev–Trinajstić information content (AvgIpc) is 3.43. The molecule has 2 aliphatic rings. The highest BCUT2D eigenvalue weighted by atomic mass is 35.5. The summed E-state index contributed by atoms with van der Waals surface area (Å²) in [5.41, 5.74) is 3.47. The van der Waals surface area contributed by atoms with E-state index in [4.69, 9.17) is 38.3 Å². The van der Waals surface area contributed by atoms with Gasteiger partial charge >= 0.3 is 0 Å². The van der Waals surface area contributed by atoms with Crippen molar-refractivity contribution in [2.75, 3.05) is 24.5 Å². The number of benzene rings is 1. The molecule has 0 spiro atoms. The first kappa shape index (κ1) is 22.9. The van der Waals surface area contributed by atoms with Crippen LogP contribution in [0.25, 0.3) is 11.2 Å². The molecule has 2 fully saturated rings. The van der Waals surface area contributed by atoms with Crippen LogP contribution in [0.4, 0.5) is 5.82 Å². The number of piperidine rings is 1. The average molecular weight is 487 g/mol. The molecule has 33 heavy (non-hydrogen) atoms. The summed E-state index contributed by atoms with van der Waals surface area (Å²) in [7, 11) is 0. The van der Waals surface area contributed by atoms with E-state index in [-0.39, 0.29) is 6.04 Å². The molecular formula is C25H32Cl2N6. The standard InChI is InChI=1S/C25H32Cl2N6/c1-15-14-32(16(2)11-22(15)31-9-5-6-10-31)23-13-28-24-17(3)30-33(25(24)29-23)18(4)20-8-7-19(26)12-21(20)27/h7-8,12-13,15-16,18,22H,5-6,9-11,14H2,1-4H3/t15?,16-,18?,22-/m0/s1. The Bertz CT molecular complexity index is 1160. The first-order valence-corrected chi connectivity index (χ1v) is 12.8. The predicted octanol–water partition coefficient (Wildman–Crippen LogP) is 5.75. The van der Waals surface area contributed by atoms with Crippen LogP contribution in [0.1, 0.15) is 57.3 Å². The Morgan fingerprint density at radius 1 is 1.12 bits per heavy atom. The third-order valence-electron chi connectivity index (χ3n) is 7.50. The van der Waals surface area contributed by atoms with Crippen molar-refractivity contribution in [2.24, 2.45) is 5.92 Å². The summed E-state index contributed by atoms with van der Waals surface area (Å²) in [4.78, 5) is 15.0. The molecule has 0 aliphatic carbocycles. The van der Waals surface area contributed by atoms with Gasteiger partial charge in [0.2, 0.25) is 0 Å². The van der Waals surface area contributed by atoms with Crippen LogP contribution in [0.15, 0.2) is 24.4 Å². The maximum absolute atomic E-state index is 6.51. The third-order valence-corrected chi connectivity index (χ3v) is 8.06. The maximum atomic E-state index is 6.51. The van der Waals surface area contributed by atoms with Gasteiger partial charge in [-0.1, -0.05) is 36.2 Å². The van der Waals surface area contributed by atoms with E-state index >= 15 is 0 Å². The Hall–Kier alpha value is -1.89. The van der Waals surface area contributed by atoms with Gasteiger partial charge in [0, 0.05) is 28.7 Å². The van der Waals surface area contributed by atoms with Crippen molar-refractivity contribution < 1.29 is 0 Å². The second kappa shape index (κ2) is 9.05. The van der Waals surface area contributed by atoms with E-state index < -0.39 is 0 Å². The zero-order valence-corrected chi connectivity index (χ0v) is 21.3. The molecule has 0 radical (unpaired) electrons. The minimum Gasteiger partial charge on any atom is -0.352 e. The van der Waals surface area contributed by atoms with Crippen LogP contribution in [-0.4, -0.2) is 56.4 Å². The van der Waals surface area contributed by atoms with Crippen LogP contribution in [0.5, 0.6) is 0 Å². The van der Waals surface area contributed by atoms with Gasteiger partial charge in [0.05, 0.1) is 17.9 Å². The lowest BCUT2D eigenvalue weighted by atomic mass is 9.88. The zero-order chi connectivity index (χ0) is 23.3. The van der Waals surface area contributed by atoms with E-state index in [0.717, 1.165) is 41.2 Å². The molecular weight excluding hydrogens is 455 g/mol. The Balaban J connectivity index is 1.47. The number of rotatable bonds is 4. The van der Waals surface area contributed by atoms with Crippen molar-refractivity contribution >= 4 is 40.2 Å². The second-order valence-corrected chi connectivity index (χ2v) is 10.6. The normalized spacial score (nSPS) is 25.2. The summed E-state index contributed by atoms with van der Waals surface area (Å²) in [5.74, 6) is 1.52. The molecule has 6 nitrogen and oxygen atoms in total. The smallest absolute Gasteiger partial charge is 0.179 e. The summed E-state index contributed by atoms with van der Waals surface area (Å²) in [5, 5.41) is 6.05. The van der Waals surface area contributed by atoms with Crippen molar-refractivity contribution in [1.29, 1.82) is 0 Å². The van der Waals surface area contributed by atoms with Crippen LogP contribution in [-0.2, 0) is 0 Å². The van der Waals surface area contributed by atoms with Gasteiger partial charge in [-0.3, -0.25) is 4.90 Å². The van der Waals surface area contributed by atoms with Gasteiger partial charge in [-0.2, -0.15) is 5.10 Å². The number of aromatic nitrogens is 4. The number of fused-ring (bicyclic) bond motifs is 1. The topological polar surface area (TPSA) is 50.1 Å². The molecule has 176 valence electrons. The molecule has 0 N–H and O–H groups in total. The maximum Gasteiger partial charge on any atom is 0.179 e. The largest absolute Gasteiger partial charge is 0.352 e. The molecule has 2 aliphatic heterocycles. The molecule has 8 heteroatoms. The summed E-state index contributed by atoms with van der Waals surface area (Å²) in [6.07, 6.45) is 5.75. The molecule has 4 atom stereocenters. The van der Waals surface area contributed by atoms with E-state index in [9.17, 15) is 0 Å². The summed E-state index contributed by atoms with van der Waals surface area (Å²) in [6, 6.07) is 6.59. The van der Waals surface area contributed by atoms with Crippen LogP contribution in [0.2, 0.25) is 10.0 Å². The summed E-state index contributed by atoms with van der Waals surface area (Å²) >= 11 is 12.6. The van der Waals surface area contributed by atoms with Crippen molar-refractivity contribution in [3.05, 3.63) is 45.7 Å². The van der Waals surface area contributed by atoms with Gasteiger partial charge in [-0.25, -0.2) is 14.6 Å². The highest BCUT2D eigenvalue weighted by Gasteiger charge is 2.36. The third kappa shape index (κ3) is 4.22. The zero-order valence-electron chi connectivity index (χ0n) is 19.8. The molecule has 5 rings (SSSR count). The fraction of sp³-hybridized carbons (Fsp3) is 0.560. The van der Waals surface area contributed by atoms with Crippen molar-refractivity contribution in [1.82, 2.24) is 24.6 Å². The Labute approximate surface area is 205 Å². The van der Waals surface area contributed by atoms with E-state index in [1.54, 1.807) is 6.07 Å². The first-order chi connectivity index (χ1) is 15.8. The highest BCUT2D eigenvalue weighted by molar-refractivity contribution is 6.35. The van der Waals surface area contributed by atoms with Crippen molar-refractivity contribution in [3.63, 3.8) is 0 Å². The van der Waals surface area contributed by atoms with Crippen LogP contribution in [0, 0.1) is 12.8 Å². The predicted molar refractivity (Wildman–Crippen MR) is 136 cm³/mol. The Morgan fingerprint density at radius 3 is 2.61 bits per heavy atom. The molecule has 0 saturated carbocycles. The van der Waals surface area contributed by atoms with Gasteiger partial charge in [0.15, 0.2) is 5.65 Å². The van der Waals surface area contributed by atoms with Crippen LogP contribution in [0.3, 0.4) is 0 Å². The molecule has 2 saturated heterocycles. The minimum absolute atomic E-state index is 0.0900. The Morgan fingerprint density at radius 2 is 1.88 bits per heavy atom. The minimum atomic E-state index is -0.0900. The van der Waals surface area contributed by atoms with Gasteiger partial charge in [-0.15, -0.1) is 0 Å². The summed E-state index contributed by atoms with van der Waals surface area (Å²) in [6.45, 7) is 12.3. The molecule has 2 aromatic heterocycles. The van der Waals surface area contributed by atoms with E-state index in [0.29, 0.717) is 28.0 Å². The monoisotopic (exact) mass is 486 g/mol. The van der Waals surface area contributed by atoms with Gasteiger partial charge < -0.3 is 4.90 Å². The lowest BCUT2D eigenvalue weighted by Gasteiger charge is -2.45. The molecule has 4 heterocycles. The number of likely N-dealkylation sites (tertiary alicyclic amines) is 1. The first-order valence-electron chi connectivity index (χ1n) is 12.0. The number of aryl methyl sites for hydroxylation is 1. The fourth-order valence-electron chi connectivity index (χ4n) is 5.64. The molecule has 0 amide bonds. The van der Waals surface area contributed by atoms with E-state index in [2.05, 4.69) is 30.6 Å². The fourth-order valence-corrected chi connectivity index (χ4v) is 6.21. The number of anilines is 1. The second-order valence-electron chi connectivity index (χ2n) is 9.80. The van der Waals surface area contributed by atoms with Crippen molar-refractivity contribution in [3.8, 4) is 0 Å². The SMILES string of the molecule is Cc1nn(C(C)c2ccc(Cl)cc2Cl)c2nc(N3CC(C)[C@@H](N4CCCC4)C[C@@H]3C)cnc12.